The van der Waals surface area contributed by atoms with Crippen molar-refractivity contribution in [3.63, 3.8) is 0 Å². The summed E-state index contributed by atoms with van der Waals surface area (Å²) < 4.78 is 6.13. The van der Waals surface area contributed by atoms with Crippen LogP contribution in [-0.2, 0) is 0 Å². The minimum Gasteiger partial charge on any atom is -0.496 e. The summed E-state index contributed by atoms with van der Waals surface area (Å²) in [5.74, 6) is 0.831. The lowest BCUT2D eigenvalue weighted by molar-refractivity contribution is 0.411. The van der Waals surface area contributed by atoms with Gasteiger partial charge in [-0.15, -0.1) is 0 Å². The summed E-state index contributed by atoms with van der Waals surface area (Å²) >= 11 is 9.16. The molecule has 0 aromatic heterocycles. The summed E-state index contributed by atoms with van der Waals surface area (Å²) in [6.07, 6.45) is 0. The lowest BCUT2D eigenvalue weighted by Crippen LogP contribution is -2.19. The van der Waals surface area contributed by atoms with E-state index in [4.69, 9.17) is 16.3 Å². The van der Waals surface area contributed by atoms with Gasteiger partial charge >= 0.3 is 0 Å². The molecule has 0 heterocycles. The average molecular weight is 305 g/mol. The Hall–Kier alpha value is -0.510. The zero-order valence-electron chi connectivity index (χ0n) is 9.39. The maximum absolute atomic E-state index is 5.70. The summed E-state index contributed by atoms with van der Waals surface area (Å²) in [4.78, 5) is 0. The van der Waals surface area contributed by atoms with Gasteiger partial charge in [-0.05, 0) is 40.5 Å². The van der Waals surface area contributed by atoms with Crippen molar-refractivity contribution in [1.29, 1.82) is 0 Å². The van der Waals surface area contributed by atoms with Crippen LogP contribution >= 0.6 is 27.5 Å². The molecule has 0 saturated heterocycles. The normalized spacial score (nSPS) is 12.2. The van der Waals surface area contributed by atoms with E-state index in [0.29, 0.717) is 11.6 Å². The van der Waals surface area contributed by atoms with Crippen molar-refractivity contribution in [2.45, 2.75) is 13.0 Å². The maximum atomic E-state index is 5.70. The fourth-order valence-electron chi connectivity index (χ4n) is 1.33. The van der Waals surface area contributed by atoms with Gasteiger partial charge in [0.2, 0.25) is 0 Å². The van der Waals surface area contributed by atoms with Crippen molar-refractivity contribution in [3.8, 4) is 5.75 Å². The van der Waals surface area contributed by atoms with Crippen LogP contribution in [0.15, 0.2) is 34.3 Å². The summed E-state index contributed by atoms with van der Waals surface area (Å²) in [5, 5.41) is 3.88. The third kappa shape index (κ3) is 3.81. The quantitative estimate of drug-likeness (QED) is 0.892. The molecule has 88 valence electrons. The van der Waals surface area contributed by atoms with Crippen molar-refractivity contribution in [3.05, 3.63) is 39.8 Å². The number of nitrogens with one attached hydrogen (secondary N) is 1. The first kappa shape index (κ1) is 13.6. The summed E-state index contributed by atoms with van der Waals surface area (Å²) in [7, 11) is 1.65. The van der Waals surface area contributed by atoms with Gasteiger partial charge in [0, 0.05) is 17.6 Å². The van der Waals surface area contributed by atoms with E-state index in [1.165, 1.54) is 5.56 Å². The number of halogens is 2. The second kappa shape index (κ2) is 6.28. The van der Waals surface area contributed by atoms with Gasteiger partial charge in [-0.3, -0.25) is 0 Å². The Kier molecular flexibility index (Phi) is 5.32. The Morgan fingerprint density at radius 3 is 2.81 bits per heavy atom. The second-order valence-corrected chi connectivity index (χ2v) is 4.90. The van der Waals surface area contributed by atoms with Gasteiger partial charge in [0.05, 0.1) is 11.6 Å². The summed E-state index contributed by atoms with van der Waals surface area (Å²) in [6.45, 7) is 6.32. The van der Waals surface area contributed by atoms with E-state index in [-0.39, 0.29) is 6.04 Å². The monoisotopic (exact) mass is 303 g/mol. The highest BCUT2D eigenvalue weighted by Crippen LogP contribution is 2.27. The summed E-state index contributed by atoms with van der Waals surface area (Å²) in [5.41, 5.74) is 1.17. The Morgan fingerprint density at radius 1 is 1.62 bits per heavy atom. The van der Waals surface area contributed by atoms with Crippen LogP contribution in [0.25, 0.3) is 0 Å². The zero-order chi connectivity index (χ0) is 12.1. The molecule has 1 unspecified atom stereocenters. The third-order valence-electron chi connectivity index (χ3n) is 2.28. The highest BCUT2D eigenvalue weighted by atomic mass is 79.9. The predicted octanol–water partition coefficient (Wildman–Crippen LogP) is 3.86. The number of ether oxygens (including phenoxy) is 1. The van der Waals surface area contributed by atoms with Gasteiger partial charge in [0.15, 0.2) is 0 Å². The van der Waals surface area contributed by atoms with Crippen LogP contribution in [0.3, 0.4) is 0 Å². The Balaban J connectivity index is 2.72. The van der Waals surface area contributed by atoms with E-state index in [1.807, 2.05) is 18.2 Å². The van der Waals surface area contributed by atoms with Crippen molar-refractivity contribution in [2.24, 2.45) is 0 Å². The highest BCUT2D eigenvalue weighted by molar-refractivity contribution is 9.10. The molecule has 0 bridgehead atoms. The molecule has 0 amide bonds. The SMILES string of the molecule is C=C(Cl)CNC(C)c1ccc(OC)c(Br)c1. The van der Waals surface area contributed by atoms with Crippen molar-refractivity contribution < 1.29 is 4.74 Å². The van der Waals surface area contributed by atoms with Crippen molar-refractivity contribution >= 4 is 27.5 Å². The molecule has 1 rings (SSSR count). The molecule has 0 aliphatic heterocycles. The lowest BCUT2D eigenvalue weighted by atomic mass is 10.1. The fourth-order valence-corrected chi connectivity index (χ4v) is 1.97. The average Bonchev–Trinajstić information content (AvgIpc) is 2.25. The predicted molar refractivity (Wildman–Crippen MR) is 72.1 cm³/mol. The second-order valence-electron chi connectivity index (χ2n) is 3.51. The van der Waals surface area contributed by atoms with E-state index in [9.17, 15) is 0 Å². The van der Waals surface area contributed by atoms with Gasteiger partial charge in [-0.2, -0.15) is 0 Å². The molecule has 4 heteroatoms. The molecule has 0 radical (unpaired) electrons. The molecular formula is C12H15BrClNO. The summed E-state index contributed by atoms with van der Waals surface area (Å²) in [6, 6.07) is 6.22. The highest BCUT2D eigenvalue weighted by Gasteiger charge is 2.07. The molecular weight excluding hydrogens is 289 g/mol. The van der Waals surface area contributed by atoms with Gasteiger partial charge in [-0.25, -0.2) is 0 Å². The number of rotatable bonds is 5. The van der Waals surface area contributed by atoms with Gasteiger partial charge in [0.1, 0.15) is 5.75 Å². The van der Waals surface area contributed by atoms with E-state index in [0.717, 1.165) is 10.2 Å². The van der Waals surface area contributed by atoms with E-state index in [2.05, 4.69) is 34.7 Å². The van der Waals surface area contributed by atoms with Gasteiger partial charge in [-0.1, -0.05) is 24.2 Å². The molecule has 1 aromatic carbocycles. The van der Waals surface area contributed by atoms with E-state index in [1.54, 1.807) is 7.11 Å². The van der Waals surface area contributed by atoms with Gasteiger partial charge in [0.25, 0.3) is 0 Å². The molecule has 0 aliphatic rings. The first-order valence-corrected chi connectivity index (χ1v) is 6.11. The van der Waals surface area contributed by atoms with Crippen LogP contribution in [0.4, 0.5) is 0 Å². The van der Waals surface area contributed by atoms with Crippen LogP contribution in [0.1, 0.15) is 18.5 Å². The Labute approximate surface area is 110 Å². The lowest BCUT2D eigenvalue weighted by Gasteiger charge is -2.15. The number of hydrogen-bond acceptors (Lipinski definition) is 2. The number of benzene rings is 1. The molecule has 2 nitrogen and oxygen atoms in total. The molecule has 1 aromatic rings. The minimum absolute atomic E-state index is 0.220. The van der Waals surface area contributed by atoms with Crippen LogP contribution in [0, 0.1) is 0 Å². The molecule has 1 N–H and O–H groups in total. The van der Waals surface area contributed by atoms with Crippen LogP contribution in [0.5, 0.6) is 5.75 Å². The first-order chi connectivity index (χ1) is 7.54. The topological polar surface area (TPSA) is 21.3 Å². The van der Waals surface area contributed by atoms with Crippen molar-refractivity contribution in [2.75, 3.05) is 13.7 Å². The van der Waals surface area contributed by atoms with Crippen molar-refractivity contribution in [1.82, 2.24) is 5.32 Å². The minimum atomic E-state index is 0.220. The Bertz CT molecular complexity index is 381. The molecule has 16 heavy (non-hydrogen) atoms. The van der Waals surface area contributed by atoms with E-state index < -0.39 is 0 Å². The molecule has 1 atom stereocenters. The van der Waals surface area contributed by atoms with Crippen LogP contribution in [-0.4, -0.2) is 13.7 Å². The maximum Gasteiger partial charge on any atom is 0.133 e. The fraction of sp³-hybridized carbons (Fsp3) is 0.333. The Morgan fingerprint density at radius 2 is 2.31 bits per heavy atom. The first-order valence-electron chi connectivity index (χ1n) is 4.94. The smallest absolute Gasteiger partial charge is 0.133 e. The van der Waals surface area contributed by atoms with Crippen LogP contribution in [0.2, 0.25) is 0 Å². The largest absolute Gasteiger partial charge is 0.496 e. The third-order valence-corrected chi connectivity index (χ3v) is 3.03. The number of hydrogen-bond donors (Lipinski definition) is 1. The van der Waals surface area contributed by atoms with Crippen LogP contribution < -0.4 is 10.1 Å². The molecule has 0 aliphatic carbocycles. The zero-order valence-corrected chi connectivity index (χ0v) is 11.7. The standard InChI is InChI=1S/C12H15BrClNO/c1-8(14)7-15-9(2)10-4-5-12(16-3)11(13)6-10/h4-6,9,15H,1,7H2,2-3H3. The van der Waals surface area contributed by atoms with E-state index >= 15 is 0 Å². The van der Waals surface area contributed by atoms with Gasteiger partial charge < -0.3 is 10.1 Å². The molecule has 0 saturated carbocycles. The molecule has 0 fully saturated rings. The molecule has 0 spiro atoms. The number of methoxy groups -OCH3 is 1.